The zero-order chi connectivity index (χ0) is 23.4. The molecule has 0 spiro atoms. The van der Waals surface area contributed by atoms with Crippen LogP contribution in [0.1, 0.15) is 22.8 Å². The van der Waals surface area contributed by atoms with Gasteiger partial charge >= 0.3 is 0 Å². The van der Waals surface area contributed by atoms with Crippen molar-refractivity contribution >= 4 is 11.5 Å². The number of aliphatic hydroxyl groups excluding tert-OH is 1. The fraction of sp³-hybridized carbons (Fsp3) is 0.480. The maximum Gasteiger partial charge on any atom is 0.191 e. The van der Waals surface area contributed by atoms with Crippen LogP contribution in [0.25, 0.3) is 0 Å². The number of carbonyl (C=O) groups is 1. The number of ether oxygens (including phenoxy) is 4. The highest BCUT2D eigenvalue weighted by molar-refractivity contribution is 6.01. The monoisotopic (exact) mass is 456 g/mol. The number of β-amino-alcohol motifs (C(OH)–C–C–N with tert-alkyl or cyclic N) is 1. The van der Waals surface area contributed by atoms with Crippen molar-refractivity contribution < 1.29 is 28.8 Å². The molecule has 2 aromatic carbocycles. The fourth-order valence-corrected chi connectivity index (χ4v) is 4.33. The Morgan fingerprint density at radius 1 is 1.06 bits per heavy atom. The summed E-state index contributed by atoms with van der Waals surface area (Å²) in [6, 6.07) is 11.5. The predicted octanol–water partition coefficient (Wildman–Crippen LogP) is 2.37. The summed E-state index contributed by atoms with van der Waals surface area (Å²) < 4.78 is 22.3. The number of hydrogen-bond donors (Lipinski definition) is 1. The van der Waals surface area contributed by atoms with Crippen LogP contribution >= 0.6 is 0 Å². The maximum atomic E-state index is 12.4. The third-order valence-electron chi connectivity index (χ3n) is 6.21. The minimum absolute atomic E-state index is 0.0617. The lowest BCUT2D eigenvalue weighted by Gasteiger charge is -2.37. The lowest BCUT2D eigenvalue weighted by atomic mass is 9.97. The van der Waals surface area contributed by atoms with Crippen LogP contribution in [-0.4, -0.2) is 81.5 Å². The highest BCUT2D eigenvalue weighted by atomic mass is 16.5. The summed E-state index contributed by atoms with van der Waals surface area (Å²) in [6.45, 7) is 6.15. The number of methoxy groups -OCH3 is 2. The Kier molecular flexibility index (Phi) is 7.37. The Bertz CT molecular complexity index is 973. The topological polar surface area (TPSA) is 80.7 Å². The summed E-state index contributed by atoms with van der Waals surface area (Å²) in [6.07, 6.45) is -1.11. The largest absolute Gasteiger partial charge is 0.495 e. The molecule has 2 atom stereocenters. The molecule has 2 unspecified atom stereocenters. The van der Waals surface area contributed by atoms with Gasteiger partial charge in [0.2, 0.25) is 0 Å². The molecule has 0 radical (unpaired) electrons. The van der Waals surface area contributed by atoms with Gasteiger partial charge in [-0.15, -0.1) is 0 Å². The minimum Gasteiger partial charge on any atom is -0.495 e. The van der Waals surface area contributed by atoms with E-state index < -0.39 is 12.2 Å². The highest BCUT2D eigenvalue weighted by Gasteiger charge is 2.27. The van der Waals surface area contributed by atoms with Crippen molar-refractivity contribution in [2.45, 2.75) is 25.7 Å². The van der Waals surface area contributed by atoms with Crippen molar-refractivity contribution in [1.82, 2.24) is 4.90 Å². The van der Waals surface area contributed by atoms with E-state index in [0.29, 0.717) is 30.2 Å². The number of ketones is 1. The average Bonchev–Trinajstić information content (AvgIpc) is 2.85. The van der Waals surface area contributed by atoms with Crippen molar-refractivity contribution in [1.29, 1.82) is 0 Å². The zero-order valence-electron chi connectivity index (χ0n) is 19.5. The Morgan fingerprint density at radius 2 is 1.79 bits per heavy atom. The van der Waals surface area contributed by atoms with E-state index in [0.717, 1.165) is 43.2 Å². The molecule has 33 heavy (non-hydrogen) atoms. The van der Waals surface area contributed by atoms with Crippen LogP contribution < -0.4 is 19.1 Å². The first-order valence-electron chi connectivity index (χ1n) is 11.3. The van der Waals surface area contributed by atoms with Crippen molar-refractivity contribution in [3.8, 4) is 17.2 Å². The first kappa shape index (κ1) is 23.4. The molecule has 0 bridgehead atoms. The molecule has 8 nitrogen and oxygen atoms in total. The van der Waals surface area contributed by atoms with Gasteiger partial charge in [0.1, 0.15) is 24.6 Å². The molecule has 2 aliphatic rings. The number of rotatable bonds is 8. The fourth-order valence-electron chi connectivity index (χ4n) is 4.33. The van der Waals surface area contributed by atoms with Crippen LogP contribution in [0.4, 0.5) is 5.69 Å². The number of carbonyl (C=O) groups excluding carboxylic acids is 1. The first-order valence-corrected chi connectivity index (χ1v) is 11.3. The summed E-state index contributed by atoms with van der Waals surface area (Å²) in [7, 11) is 3.23. The second kappa shape index (κ2) is 10.4. The van der Waals surface area contributed by atoms with E-state index in [2.05, 4.69) is 15.9 Å². The molecule has 2 aliphatic heterocycles. The highest BCUT2D eigenvalue weighted by Crippen LogP contribution is 2.34. The zero-order valence-corrected chi connectivity index (χ0v) is 19.5. The second-order valence-corrected chi connectivity index (χ2v) is 8.40. The lowest BCUT2D eigenvalue weighted by molar-refractivity contribution is 0.0333. The van der Waals surface area contributed by atoms with Gasteiger partial charge in [-0.25, -0.2) is 0 Å². The second-order valence-electron chi connectivity index (χ2n) is 8.40. The molecule has 2 heterocycles. The molecule has 8 heteroatoms. The molecule has 1 fully saturated rings. The number of hydrogen-bond acceptors (Lipinski definition) is 8. The number of fused-ring (bicyclic) bond motifs is 1. The number of anilines is 1. The van der Waals surface area contributed by atoms with Gasteiger partial charge in [-0.1, -0.05) is 12.1 Å². The van der Waals surface area contributed by atoms with E-state index in [1.165, 1.54) is 0 Å². The van der Waals surface area contributed by atoms with Crippen LogP contribution in [0.3, 0.4) is 0 Å². The Balaban J connectivity index is 1.30. The SMILES string of the molecule is COc1cc2c(cc1OCC(O)CN1CCN(c3ccccc3OC)CC1)COC(C)C2=O. The van der Waals surface area contributed by atoms with Gasteiger partial charge in [-0.2, -0.15) is 0 Å². The predicted molar refractivity (Wildman–Crippen MR) is 125 cm³/mol. The van der Waals surface area contributed by atoms with Crippen LogP contribution in [0.15, 0.2) is 36.4 Å². The molecular formula is C25H32N2O6. The summed E-state index contributed by atoms with van der Waals surface area (Å²) in [5.41, 5.74) is 2.47. The summed E-state index contributed by atoms with van der Waals surface area (Å²) in [4.78, 5) is 16.9. The number of nitrogens with zero attached hydrogens (tertiary/aromatic N) is 2. The molecule has 4 rings (SSSR count). The van der Waals surface area contributed by atoms with Crippen LogP contribution in [-0.2, 0) is 11.3 Å². The van der Waals surface area contributed by atoms with Gasteiger partial charge in [0.25, 0.3) is 0 Å². The van der Waals surface area contributed by atoms with Gasteiger partial charge < -0.3 is 29.0 Å². The van der Waals surface area contributed by atoms with Crippen LogP contribution in [0.5, 0.6) is 17.2 Å². The molecule has 1 saturated heterocycles. The van der Waals surface area contributed by atoms with Gasteiger partial charge in [-0.05, 0) is 36.8 Å². The third kappa shape index (κ3) is 5.24. The summed E-state index contributed by atoms with van der Waals surface area (Å²) in [5, 5.41) is 10.6. The summed E-state index contributed by atoms with van der Waals surface area (Å²) in [5.74, 6) is 1.80. The van der Waals surface area contributed by atoms with Crippen LogP contribution in [0, 0.1) is 0 Å². The van der Waals surface area contributed by atoms with Gasteiger partial charge in [0, 0.05) is 38.3 Å². The molecule has 0 aliphatic carbocycles. The number of piperazine rings is 1. The maximum absolute atomic E-state index is 12.4. The van der Waals surface area contributed by atoms with Gasteiger partial charge in [0.05, 0.1) is 26.5 Å². The third-order valence-corrected chi connectivity index (χ3v) is 6.21. The molecule has 1 N–H and O–H groups in total. The molecule has 0 saturated carbocycles. The van der Waals surface area contributed by atoms with Crippen molar-refractivity contribution in [3.63, 3.8) is 0 Å². The number of para-hydroxylation sites is 2. The number of aliphatic hydroxyl groups is 1. The molecule has 0 aromatic heterocycles. The first-order chi connectivity index (χ1) is 16.0. The van der Waals surface area contributed by atoms with Crippen LogP contribution in [0.2, 0.25) is 0 Å². The van der Waals surface area contributed by atoms with Crippen molar-refractivity contribution in [2.75, 3.05) is 58.5 Å². The van der Waals surface area contributed by atoms with Gasteiger partial charge in [0.15, 0.2) is 17.3 Å². The normalized spacial score (nSPS) is 19.7. The molecule has 0 amide bonds. The Hall–Kier alpha value is -2.81. The quantitative estimate of drug-likeness (QED) is 0.649. The Morgan fingerprint density at radius 3 is 2.52 bits per heavy atom. The van der Waals surface area contributed by atoms with Crippen molar-refractivity contribution in [2.24, 2.45) is 0 Å². The standard InChI is InChI=1S/C25H32N2O6/c1-17-25(29)20-13-23(31-3)24(12-18(20)15-32-17)33-16-19(28)14-26-8-10-27(11-9-26)21-6-4-5-7-22(21)30-2/h4-7,12-13,17,19,28H,8-11,14-16H2,1-3H3. The van der Waals surface area contributed by atoms with E-state index >= 15 is 0 Å². The molecular weight excluding hydrogens is 424 g/mol. The lowest BCUT2D eigenvalue weighted by Crippen LogP contribution is -2.49. The average molecular weight is 457 g/mol. The van der Waals surface area contributed by atoms with E-state index in [1.807, 2.05) is 18.2 Å². The Labute approximate surface area is 194 Å². The number of benzene rings is 2. The number of Topliss-reactive ketones (excluding diaryl/α,β-unsaturated/α-hetero) is 1. The smallest absolute Gasteiger partial charge is 0.191 e. The van der Waals surface area contributed by atoms with E-state index in [4.69, 9.17) is 18.9 Å². The van der Waals surface area contributed by atoms with Crippen molar-refractivity contribution in [3.05, 3.63) is 47.5 Å². The summed E-state index contributed by atoms with van der Waals surface area (Å²) >= 11 is 0. The van der Waals surface area contributed by atoms with E-state index in [-0.39, 0.29) is 12.4 Å². The molecule has 178 valence electrons. The minimum atomic E-state index is -0.651. The van der Waals surface area contributed by atoms with E-state index in [9.17, 15) is 9.90 Å². The van der Waals surface area contributed by atoms with E-state index in [1.54, 1.807) is 33.3 Å². The molecule has 2 aromatic rings. The van der Waals surface area contributed by atoms with Gasteiger partial charge in [-0.3, -0.25) is 9.69 Å².